The molecule has 27 heavy (non-hydrogen) atoms. The summed E-state index contributed by atoms with van der Waals surface area (Å²) >= 11 is 0. The van der Waals surface area contributed by atoms with E-state index in [0.29, 0.717) is 29.6 Å². The molecule has 0 atom stereocenters. The van der Waals surface area contributed by atoms with Crippen molar-refractivity contribution in [3.05, 3.63) is 83.1 Å². The molecule has 136 valence electrons. The number of rotatable bonds is 4. The zero-order valence-electron chi connectivity index (χ0n) is 15.2. The van der Waals surface area contributed by atoms with E-state index in [-0.39, 0.29) is 12.4 Å². The number of esters is 1. The third-order valence-electron chi connectivity index (χ3n) is 4.42. The van der Waals surface area contributed by atoms with Crippen molar-refractivity contribution in [1.29, 1.82) is 0 Å². The molecule has 0 aliphatic carbocycles. The third-order valence-corrected chi connectivity index (χ3v) is 4.42. The van der Waals surface area contributed by atoms with Gasteiger partial charge in [-0.25, -0.2) is 0 Å². The van der Waals surface area contributed by atoms with E-state index in [9.17, 15) is 4.79 Å². The monoisotopic (exact) mass is 361 g/mol. The predicted molar refractivity (Wildman–Crippen MR) is 101 cm³/mol. The second kappa shape index (κ2) is 7.11. The van der Waals surface area contributed by atoms with Crippen molar-refractivity contribution in [3.8, 4) is 0 Å². The van der Waals surface area contributed by atoms with Gasteiger partial charge in [0.1, 0.15) is 17.9 Å². The molecule has 0 amide bonds. The Bertz CT molecular complexity index is 1030. The van der Waals surface area contributed by atoms with E-state index in [1.165, 1.54) is 0 Å². The number of ether oxygens (including phenoxy) is 2. The van der Waals surface area contributed by atoms with Crippen LogP contribution in [0.5, 0.6) is 0 Å². The Morgan fingerprint density at radius 3 is 2.74 bits per heavy atom. The first-order chi connectivity index (χ1) is 13.1. The fourth-order valence-corrected chi connectivity index (χ4v) is 3.09. The Hall–Kier alpha value is -3.34. The largest absolute Gasteiger partial charge is 0.485 e. The summed E-state index contributed by atoms with van der Waals surface area (Å²) in [6, 6.07) is 15.2. The smallest absolute Gasteiger partial charge is 0.317 e. The van der Waals surface area contributed by atoms with Crippen LogP contribution >= 0.6 is 0 Å². The van der Waals surface area contributed by atoms with Crippen molar-refractivity contribution in [2.24, 2.45) is 0 Å². The van der Waals surface area contributed by atoms with E-state index in [0.717, 1.165) is 22.1 Å². The van der Waals surface area contributed by atoms with Gasteiger partial charge in [-0.05, 0) is 38.1 Å². The van der Waals surface area contributed by atoms with Gasteiger partial charge in [0.15, 0.2) is 11.5 Å². The molecule has 5 nitrogen and oxygen atoms in total. The summed E-state index contributed by atoms with van der Waals surface area (Å²) in [6.45, 7) is 4.10. The summed E-state index contributed by atoms with van der Waals surface area (Å²) in [7, 11) is 0. The minimum Gasteiger partial charge on any atom is -0.485 e. The second-order valence-electron chi connectivity index (χ2n) is 6.47. The number of para-hydroxylation sites is 1. The van der Waals surface area contributed by atoms with Gasteiger partial charge >= 0.3 is 5.97 Å². The Balaban J connectivity index is 1.60. The van der Waals surface area contributed by atoms with Crippen molar-refractivity contribution in [3.63, 3.8) is 0 Å². The maximum absolute atomic E-state index is 12.4. The highest BCUT2D eigenvalue weighted by Gasteiger charge is 2.25. The lowest BCUT2D eigenvalue weighted by Crippen LogP contribution is -2.16. The van der Waals surface area contributed by atoms with Gasteiger partial charge in [0.2, 0.25) is 0 Å². The van der Waals surface area contributed by atoms with E-state index in [1.54, 1.807) is 12.3 Å². The summed E-state index contributed by atoms with van der Waals surface area (Å²) in [4.78, 5) is 16.5. The number of nitrogens with zero attached hydrogens (tertiary/aromatic N) is 1. The van der Waals surface area contributed by atoms with Gasteiger partial charge in [-0.15, -0.1) is 0 Å². The summed E-state index contributed by atoms with van der Waals surface area (Å²) in [5.41, 5.74) is 3.07. The summed E-state index contributed by atoms with van der Waals surface area (Å²) in [5.74, 6) is 1.41. The lowest BCUT2D eigenvalue weighted by Gasteiger charge is -2.22. The van der Waals surface area contributed by atoms with Crippen LogP contribution in [0.4, 0.5) is 0 Å². The Morgan fingerprint density at radius 1 is 1.15 bits per heavy atom. The number of hydrogen-bond acceptors (Lipinski definition) is 5. The molecule has 3 heterocycles. The van der Waals surface area contributed by atoms with Gasteiger partial charge in [0.05, 0.1) is 12.1 Å². The molecule has 0 bridgehead atoms. The highest BCUT2D eigenvalue weighted by Crippen LogP contribution is 2.34. The molecule has 0 spiro atoms. The fourth-order valence-electron chi connectivity index (χ4n) is 3.09. The highest BCUT2D eigenvalue weighted by atomic mass is 16.5. The number of carbonyl (C=O) groups is 1. The summed E-state index contributed by atoms with van der Waals surface area (Å²) in [5, 5.41) is 0.997. The number of pyridine rings is 1. The number of furan rings is 1. The van der Waals surface area contributed by atoms with Crippen LogP contribution in [-0.2, 0) is 20.7 Å². The normalized spacial score (nSPS) is 14.4. The van der Waals surface area contributed by atoms with Gasteiger partial charge in [0, 0.05) is 22.7 Å². The number of allylic oxidation sites excluding steroid dienone is 1. The number of carbonyl (C=O) groups excluding carboxylic acids is 1. The average molecular weight is 361 g/mol. The van der Waals surface area contributed by atoms with Crippen LogP contribution in [0, 0.1) is 0 Å². The van der Waals surface area contributed by atoms with Gasteiger partial charge in [0.25, 0.3) is 0 Å². The number of aromatic nitrogens is 1. The Labute approximate surface area is 156 Å². The predicted octanol–water partition coefficient (Wildman–Crippen LogP) is 4.65. The average Bonchev–Trinajstić information content (AvgIpc) is 3.09. The number of fused-ring (bicyclic) bond motifs is 1. The summed E-state index contributed by atoms with van der Waals surface area (Å²) < 4.78 is 17.4. The first-order valence-corrected chi connectivity index (χ1v) is 8.75. The van der Waals surface area contributed by atoms with Crippen LogP contribution in [0.2, 0.25) is 0 Å². The van der Waals surface area contributed by atoms with Gasteiger partial charge in [-0.3, -0.25) is 9.78 Å². The molecule has 3 aromatic rings. The quantitative estimate of drug-likeness (QED) is 0.633. The first kappa shape index (κ1) is 17.1. The van der Waals surface area contributed by atoms with E-state index < -0.39 is 0 Å². The summed E-state index contributed by atoms with van der Waals surface area (Å²) in [6.07, 6.45) is 1.78. The SMILES string of the molecule is CC1=C(OC(=O)Cc2ccccn2)C(C)=C(c2cc3ccccc3o2)OC1. The van der Waals surface area contributed by atoms with Gasteiger partial charge in [-0.2, -0.15) is 0 Å². The molecular formula is C22H19NO4. The number of hydrogen-bond donors (Lipinski definition) is 0. The van der Waals surface area contributed by atoms with Crippen molar-refractivity contribution in [2.75, 3.05) is 6.61 Å². The zero-order chi connectivity index (χ0) is 18.8. The highest BCUT2D eigenvalue weighted by molar-refractivity contribution is 5.82. The van der Waals surface area contributed by atoms with Crippen molar-refractivity contribution < 1.29 is 18.7 Å². The maximum Gasteiger partial charge on any atom is 0.317 e. The molecule has 2 aromatic heterocycles. The van der Waals surface area contributed by atoms with E-state index in [4.69, 9.17) is 13.9 Å². The number of benzene rings is 1. The van der Waals surface area contributed by atoms with E-state index in [2.05, 4.69) is 4.98 Å². The molecule has 1 aliphatic heterocycles. The van der Waals surface area contributed by atoms with Crippen molar-refractivity contribution >= 4 is 22.7 Å². The van der Waals surface area contributed by atoms with E-state index in [1.807, 2.05) is 56.3 Å². The molecule has 1 aromatic carbocycles. The maximum atomic E-state index is 12.4. The third kappa shape index (κ3) is 3.49. The molecule has 5 heteroatoms. The molecule has 0 radical (unpaired) electrons. The molecule has 1 aliphatic rings. The van der Waals surface area contributed by atoms with Crippen molar-refractivity contribution in [1.82, 2.24) is 4.98 Å². The Morgan fingerprint density at radius 2 is 1.96 bits per heavy atom. The standard InChI is InChI=1S/C22H19NO4/c1-14-13-25-22(19-11-16-7-3-4-9-18(16)26-19)15(2)21(14)27-20(24)12-17-8-5-6-10-23-17/h3-11H,12-13H2,1-2H3. The van der Waals surface area contributed by atoms with Crippen LogP contribution in [0.25, 0.3) is 16.7 Å². The topological polar surface area (TPSA) is 61.6 Å². The molecule has 0 fully saturated rings. The minimum atomic E-state index is -0.353. The molecule has 0 saturated heterocycles. The molecule has 0 unspecified atom stereocenters. The van der Waals surface area contributed by atoms with E-state index >= 15 is 0 Å². The van der Waals surface area contributed by atoms with Crippen LogP contribution in [-0.4, -0.2) is 17.6 Å². The molecule has 4 rings (SSSR count). The minimum absolute atomic E-state index is 0.117. The second-order valence-corrected chi connectivity index (χ2v) is 6.47. The van der Waals surface area contributed by atoms with Gasteiger partial charge < -0.3 is 13.9 Å². The lowest BCUT2D eigenvalue weighted by molar-refractivity contribution is -0.138. The zero-order valence-corrected chi connectivity index (χ0v) is 15.2. The van der Waals surface area contributed by atoms with Gasteiger partial charge in [-0.1, -0.05) is 24.3 Å². The van der Waals surface area contributed by atoms with Crippen LogP contribution in [0.3, 0.4) is 0 Å². The fraction of sp³-hybridized carbons (Fsp3) is 0.182. The van der Waals surface area contributed by atoms with Crippen LogP contribution in [0.1, 0.15) is 25.3 Å². The molecule has 0 N–H and O–H groups in total. The van der Waals surface area contributed by atoms with Crippen LogP contribution < -0.4 is 0 Å². The molecular weight excluding hydrogens is 342 g/mol. The first-order valence-electron chi connectivity index (χ1n) is 8.75. The van der Waals surface area contributed by atoms with Crippen LogP contribution in [0.15, 0.2) is 76.1 Å². The lowest BCUT2D eigenvalue weighted by atomic mass is 10.1. The van der Waals surface area contributed by atoms with Crippen molar-refractivity contribution in [2.45, 2.75) is 20.3 Å². The molecule has 0 saturated carbocycles. The Kier molecular flexibility index (Phi) is 4.50.